The second-order valence-electron chi connectivity index (χ2n) is 5.86. The minimum Gasteiger partial charge on any atom is -0.490 e. The third kappa shape index (κ3) is 3.07. The molecule has 0 spiro atoms. The van der Waals surface area contributed by atoms with Gasteiger partial charge in [-0.05, 0) is 25.3 Å². The van der Waals surface area contributed by atoms with Gasteiger partial charge in [0.05, 0.1) is 6.54 Å². The first-order valence-corrected chi connectivity index (χ1v) is 7.67. The Bertz CT molecular complexity index is 663. The average Bonchev–Trinajstić information content (AvgIpc) is 2.53. The summed E-state index contributed by atoms with van der Waals surface area (Å²) < 4.78 is 11.5. The molecule has 116 valence electrons. The molecule has 2 aromatic carbocycles. The zero-order valence-electron chi connectivity index (χ0n) is 13.0. The summed E-state index contributed by atoms with van der Waals surface area (Å²) in [5.41, 5.74) is 0. The molecule has 1 saturated heterocycles. The van der Waals surface area contributed by atoms with E-state index in [1.165, 1.54) is 0 Å². The summed E-state index contributed by atoms with van der Waals surface area (Å²) in [6, 6.07) is 14.4. The molecule has 0 N–H and O–H groups in total. The number of fused-ring (bicyclic) bond motifs is 1. The molecule has 1 aliphatic heterocycles. The zero-order valence-corrected chi connectivity index (χ0v) is 13.0. The first-order valence-electron chi connectivity index (χ1n) is 7.67. The van der Waals surface area contributed by atoms with Gasteiger partial charge in [0, 0.05) is 11.4 Å². The van der Waals surface area contributed by atoms with E-state index < -0.39 is 0 Å². The molecule has 0 bridgehead atoms. The van der Waals surface area contributed by atoms with Crippen LogP contribution < -0.4 is 4.74 Å². The first-order chi connectivity index (χ1) is 10.6. The number of benzene rings is 2. The van der Waals surface area contributed by atoms with E-state index in [-0.39, 0.29) is 24.7 Å². The Hall–Kier alpha value is -2.07. The number of amides is 1. The van der Waals surface area contributed by atoms with Crippen molar-refractivity contribution < 1.29 is 14.3 Å². The van der Waals surface area contributed by atoms with Gasteiger partial charge < -0.3 is 14.4 Å². The number of nitrogens with zero attached hydrogens (tertiary/aromatic N) is 1. The van der Waals surface area contributed by atoms with Gasteiger partial charge in [-0.1, -0.05) is 36.4 Å². The molecule has 0 aromatic heterocycles. The van der Waals surface area contributed by atoms with Crippen molar-refractivity contribution in [1.29, 1.82) is 0 Å². The van der Waals surface area contributed by atoms with Crippen molar-refractivity contribution in [1.82, 2.24) is 4.90 Å². The Morgan fingerprint density at radius 1 is 1.23 bits per heavy atom. The van der Waals surface area contributed by atoms with Crippen LogP contribution in [0.5, 0.6) is 5.75 Å². The maximum atomic E-state index is 11.8. The van der Waals surface area contributed by atoms with Crippen LogP contribution in [0.1, 0.15) is 13.8 Å². The molecule has 1 heterocycles. The Balaban J connectivity index is 1.68. The fraction of sp³-hybridized carbons (Fsp3) is 0.389. The number of ether oxygens (including phenoxy) is 2. The van der Waals surface area contributed by atoms with Gasteiger partial charge in [0.15, 0.2) is 0 Å². The summed E-state index contributed by atoms with van der Waals surface area (Å²) >= 11 is 0. The topological polar surface area (TPSA) is 38.8 Å². The van der Waals surface area contributed by atoms with Gasteiger partial charge in [0.2, 0.25) is 5.91 Å². The third-order valence-corrected chi connectivity index (χ3v) is 3.96. The normalized spacial score (nSPS) is 19.0. The van der Waals surface area contributed by atoms with Gasteiger partial charge in [-0.3, -0.25) is 4.79 Å². The lowest BCUT2D eigenvalue weighted by Crippen LogP contribution is -2.51. The van der Waals surface area contributed by atoms with Crippen molar-refractivity contribution in [2.24, 2.45) is 0 Å². The maximum Gasteiger partial charge on any atom is 0.248 e. The van der Waals surface area contributed by atoms with Gasteiger partial charge in [0.25, 0.3) is 0 Å². The Labute approximate surface area is 130 Å². The number of carbonyl (C=O) groups excluding carboxylic acids is 1. The van der Waals surface area contributed by atoms with E-state index in [2.05, 4.69) is 18.2 Å². The van der Waals surface area contributed by atoms with Crippen LogP contribution >= 0.6 is 0 Å². The highest BCUT2D eigenvalue weighted by atomic mass is 16.5. The standard InChI is InChI=1S/C18H21NO3/c1-13(2)19-10-15(21-12-18(19)20)11-22-17-9-5-7-14-6-3-4-8-16(14)17/h3-9,13,15H,10-12H2,1-2H3. The van der Waals surface area contributed by atoms with E-state index in [4.69, 9.17) is 9.47 Å². The SMILES string of the molecule is CC(C)N1CC(COc2cccc3ccccc23)OCC1=O. The fourth-order valence-corrected chi connectivity index (χ4v) is 2.75. The molecule has 0 saturated carbocycles. The molecule has 0 aliphatic carbocycles. The predicted octanol–water partition coefficient (Wildman–Crippen LogP) is 2.85. The minimum atomic E-state index is -0.0842. The zero-order chi connectivity index (χ0) is 15.5. The molecule has 2 aromatic rings. The molecular formula is C18H21NO3. The first kappa shape index (κ1) is 14.9. The molecule has 1 aliphatic rings. The lowest BCUT2D eigenvalue weighted by atomic mass is 10.1. The highest BCUT2D eigenvalue weighted by Crippen LogP contribution is 2.25. The number of morpholine rings is 1. The molecular weight excluding hydrogens is 278 g/mol. The van der Waals surface area contributed by atoms with Crippen LogP contribution in [0.4, 0.5) is 0 Å². The quantitative estimate of drug-likeness (QED) is 0.871. The summed E-state index contributed by atoms with van der Waals surface area (Å²) in [6.45, 7) is 5.21. The average molecular weight is 299 g/mol. The van der Waals surface area contributed by atoms with Crippen molar-refractivity contribution in [3.8, 4) is 5.75 Å². The van der Waals surface area contributed by atoms with Crippen LogP contribution in [0.3, 0.4) is 0 Å². The largest absolute Gasteiger partial charge is 0.490 e. The van der Waals surface area contributed by atoms with Gasteiger partial charge in [-0.2, -0.15) is 0 Å². The molecule has 4 nitrogen and oxygen atoms in total. The maximum absolute atomic E-state index is 11.8. The van der Waals surface area contributed by atoms with E-state index in [0.717, 1.165) is 16.5 Å². The van der Waals surface area contributed by atoms with E-state index in [1.54, 1.807) is 0 Å². The van der Waals surface area contributed by atoms with Crippen molar-refractivity contribution >= 4 is 16.7 Å². The molecule has 4 heteroatoms. The van der Waals surface area contributed by atoms with Gasteiger partial charge in [0.1, 0.15) is 25.1 Å². The summed E-state index contributed by atoms with van der Waals surface area (Å²) in [6.07, 6.45) is -0.0842. The van der Waals surface area contributed by atoms with Gasteiger partial charge in [-0.25, -0.2) is 0 Å². The fourth-order valence-electron chi connectivity index (χ4n) is 2.75. The van der Waals surface area contributed by atoms with Gasteiger partial charge in [-0.15, -0.1) is 0 Å². The second kappa shape index (κ2) is 6.36. The van der Waals surface area contributed by atoms with Crippen LogP contribution in [-0.2, 0) is 9.53 Å². The third-order valence-electron chi connectivity index (χ3n) is 3.96. The number of rotatable bonds is 4. The van der Waals surface area contributed by atoms with E-state index in [0.29, 0.717) is 13.2 Å². The molecule has 1 amide bonds. The molecule has 3 rings (SSSR count). The summed E-state index contributed by atoms with van der Waals surface area (Å²) in [4.78, 5) is 13.6. The smallest absolute Gasteiger partial charge is 0.248 e. The highest BCUT2D eigenvalue weighted by molar-refractivity contribution is 5.88. The van der Waals surface area contributed by atoms with Crippen molar-refractivity contribution in [3.63, 3.8) is 0 Å². The number of hydrogen-bond donors (Lipinski definition) is 0. The lowest BCUT2D eigenvalue weighted by molar-refractivity contribution is -0.152. The van der Waals surface area contributed by atoms with Crippen molar-refractivity contribution in [2.75, 3.05) is 19.8 Å². The second-order valence-corrected chi connectivity index (χ2v) is 5.86. The van der Waals surface area contributed by atoms with Crippen LogP contribution in [0, 0.1) is 0 Å². The minimum absolute atomic E-state index is 0.0522. The highest BCUT2D eigenvalue weighted by Gasteiger charge is 2.28. The lowest BCUT2D eigenvalue weighted by Gasteiger charge is -2.35. The summed E-state index contributed by atoms with van der Waals surface area (Å²) in [7, 11) is 0. The van der Waals surface area contributed by atoms with Crippen LogP contribution in [0.2, 0.25) is 0 Å². The van der Waals surface area contributed by atoms with Crippen molar-refractivity contribution in [2.45, 2.75) is 26.0 Å². The van der Waals surface area contributed by atoms with Gasteiger partial charge >= 0.3 is 0 Å². The molecule has 0 radical (unpaired) electrons. The van der Waals surface area contributed by atoms with E-state index >= 15 is 0 Å². The monoisotopic (exact) mass is 299 g/mol. The molecule has 1 fully saturated rings. The van der Waals surface area contributed by atoms with Crippen molar-refractivity contribution in [3.05, 3.63) is 42.5 Å². The molecule has 1 unspecified atom stereocenters. The van der Waals surface area contributed by atoms with Crippen LogP contribution in [-0.4, -0.2) is 42.7 Å². The van der Waals surface area contributed by atoms with Crippen LogP contribution in [0.15, 0.2) is 42.5 Å². The number of carbonyl (C=O) groups is 1. The van der Waals surface area contributed by atoms with Crippen LogP contribution in [0.25, 0.3) is 10.8 Å². The Kier molecular flexibility index (Phi) is 4.29. The van der Waals surface area contributed by atoms with E-state index in [9.17, 15) is 4.79 Å². The number of hydrogen-bond acceptors (Lipinski definition) is 3. The summed E-state index contributed by atoms with van der Waals surface area (Å²) in [5, 5.41) is 2.25. The Morgan fingerprint density at radius 3 is 2.82 bits per heavy atom. The molecule has 1 atom stereocenters. The summed E-state index contributed by atoms with van der Waals surface area (Å²) in [5.74, 6) is 0.908. The Morgan fingerprint density at radius 2 is 2.00 bits per heavy atom. The molecule has 22 heavy (non-hydrogen) atoms. The van der Waals surface area contributed by atoms with E-state index in [1.807, 2.05) is 43.0 Å². The predicted molar refractivity (Wildman–Crippen MR) is 86.0 cm³/mol.